The van der Waals surface area contributed by atoms with E-state index in [1.165, 1.54) is 0 Å². The summed E-state index contributed by atoms with van der Waals surface area (Å²) in [6.07, 6.45) is 0. The highest BCUT2D eigenvalue weighted by Crippen LogP contribution is 2.22. The van der Waals surface area contributed by atoms with Gasteiger partial charge in [0.25, 0.3) is 5.91 Å². The van der Waals surface area contributed by atoms with E-state index in [2.05, 4.69) is 6.07 Å². The van der Waals surface area contributed by atoms with Gasteiger partial charge in [-0.3, -0.25) is 4.79 Å². The molecule has 3 aromatic carbocycles. The minimum Gasteiger partial charge on any atom is -0.497 e. The third kappa shape index (κ3) is 4.89. The van der Waals surface area contributed by atoms with E-state index in [1.54, 1.807) is 36.3 Å². The molecule has 0 unspecified atom stereocenters. The predicted octanol–water partition coefficient (Wildman–Crippen LogP) is 4.18. The second-order valence-electron chi connectivity index (χ2n) is 6.09. The Morgan fingerprint density at radius 3 is 2.18 bits per heavy atom. The molecule has 5 heteroatoms. The van der Waals surface area contributed by atoms with Crippen LogP contribution >= 0.6 is 0 Å². The van der Waals surface area contributed by atoms with E-state index in [-0.39, 0.29) is 12.5 Å². The summed E-state index contributed by atoms with van der Waals surface area (Å²) >= 11 is 0. The molecule has 1 amide bonds. The molecule has 0 saturated heterocycles. The van der Waals surface area contributed by atoms with Crippen molar-refractivity contribution in [2.24, 2.45) is 0 Å². The van der Waals surface area contributed by atoms with Gasteiger partial charge in [0.2, 0.25) is 0 Å². The molecule has 0 aliphatic carbocycles. The number of carbonyl (C=O) groups excluding carboxylic acids is 1. The topological polar surface area (TPSA) is 62.6 Å². The van der Waals surface area contributed by atoms with Crippen molar-refractivity contribution >= 4 is 11.6 Å². The van der Waals surface area contributed by atoms with Crippen molar-refractivity contribution in [3.8, 4) is 17.6 Å². The highest BCUT2D eigenvalue weighted by atomic mass is 16.5. The lowest BCUT2D eigenvalue weighted by Gasteiger charge is -2.23. The third-order valence-corrected chi connectivity index (χ3v) is 4.21. The number of rotatable bonds is 7. The van der Waals surface area contributed by atoms with Crippen molar-refractivity contribution in [3.63, 3.8) is 0 Å². The number of nitriles is 1. The van der Waals surface area contributed by atoms with Gasteiger partial charge in [0, 0.05) is 5.69 Å². The molecule has 0 bridgehead atoms. The fraction of sp³-hybridized carbons (Fsp3) is 0.130. The van der Waals surface area contributed by atoms with Gasteiger partial charge in [-0.2, -0.15) is 5.26 Å². The number of methoxy groups -OCH3 is 1. The second kappa shape index (κ2) is 9.24. The van der Waals surface area contributed by atoms with Crippen molar-refractivity contribution in [2.45, 2.75) is 6.54 Å². The first-order chi connectivity index (χ1) is 13.7. The molecule has 0 aliphatic heterocycles. The predicted molar refractivity (Wildman–Crippen MR) is 107 cm³/mol. The van der Waals surface area contributed by atoms with E-state index in [0.717, 1.165) is 17.0 Å². The summed E-state index contributed by atoms with van der Waals surface area (Å²) in [5.74, 6) is 1.10. The maximum Gasteiger partial charge on any atom is 0.265 e. The van der Waals surface area contributed by atoms with Crippen LogP contribution in [0.15, 0.2) is 78.9 Å². The first kappa shape index (κ1) is 19.0. The molecule has 28 heavy (non-hydrogen) atoms. The Morgan fingerprint density at radius 1 is 0.929 bits per heavy atom. The number of hydrogen-bond donors (Lipinski definition) is 0. The number of benzene rings is 3. The summed E-state index contributed by atoms with van der Waals surface area (Å²) in [5.41, 5.74) is 2.32. The maximum atomic E-state index is 12.9. The van der Waals surface area contributed by atoms with Gasteiger partial charge in [0.05, 0.1) is 25.3 Å². The lowest BCUT2D eigenvalue weighted by Crippen LogP contribution is -2.34. The first-order valence-electron chi connectivity index (χ1n) is 8.81. The van der Waals surface area contributed by atoms with Crippen molar-refractivity contribution in [2.75, 3.05) is 18.6 Å². The highest BCUT2D eigenvalue weighted by molar-refractivity contribution is 5.94. The SMILES string of the molecule is COc1ccc(N(Cc2ccccc2)C(=O)COc2ccc(C#N)cc2)cc1. The molecular formula is C23H20N2O3. The van der Waals surface area contributed by atoms with Crippen molar-refractivity contribution in [1.29, 1.82) is 5.26 Å². The number of amides is 1. The molecule has 0 saturated carbocycles. The monoisotopic (exact) mass is 372 g/mol. The van der Waals surface area contributed by atoms with Crippen LogP contribution in [0.1, 0.15) is 11.1 Å². The average molecular weight is 372 g/mol. The molecule has 140 valence electrons. The van der Waals surface area contributed by atoms with Crippen LogP contribution in [0, 0.1) is 11.3 Å². The van der Waals surface area contributed by atoms with E-state index >= 15 is 0 Å². The number of anilines is 1. The van der Waals surface area contributed by atoms with E-state index in [9.17, 15) is 4.79 Å². The Bertz CT molecular complexity index is 946. The van der Waals surface area contributed by atoms with Gasteiger partial charge < -0.3 is 14.4 Å². The molecule has 3 aromatic rings. The maximum absolute atomic E-state index is 12.9. The van der Waals surface area contributed by atoms with Gasteiger partial charge in [-0.25, -0.2) is 0 Å². The molecule has 3 rings (SSSR count). The van der Waals surface area contributed by atoms with Gasteiger partial charge >= 0.3 is 0 Å². The minimum absolute atomic E-state index is 0.106. The number of hydrogen-bond acceptors (Lipinski definition) is 4. The summed E-state index contributed by atoms with van der Waals surface area (Å²) in [6, 6.07) is 25.9. The average Bonchev–Trinajstić information content (AvgIpc) is 2.77. The Kier molecular flexibility index (Phi) is 6.27. The second-order valence-corrected chi connectivity index (χ2v) is 6.09. The molecule has 0 atom stereocenters. The molecule has 0 aliphatic rings. The lowest BCUT2D eigenvalue weighted by atomic mass is 10.2. The third-order valence-electron chi connectivity index (χ3n) is 4.21. The van der Waals surface area contributed by atoms with Gasteiger partial charge in [-0.05, 0) is 54.1 Å². The van der Waals surface area contributed by atoms with Crippen LogP contribution < -0.4 is 14.4 Å². The summed E-state index contributed by atoms with van der Waals surface area (Å²) in [6.45, 7) is 0.327. The van der Waals surface area contributed by atoms with Crippen LogP contribution in [-0.2, 0) is 11.3 Å². The quantitative estimate of drug-likeness (QED) is 0.624. The minimum atomic E-state index is -0.168. The Balaban J connectivity index is 1.76. The van der Waals surface area contributed by atoms with E-state index < -0.39 is 0 Å². The van der Waals surface area contributed by atoms with Crippen LogP contribution in [0.5, 0.6) is 11.5 Å². The van der Waals surface area contributed by atoms with E-state index in [0.29, 0.717) is 17.9 Å². The van der Waals surface area contributed by atoms with Crippen LogP contribution in [0.3, 0.4) is 0 Å². The molecular weight excluding hydrogens is 352 g/mol. The smallest absolute Gasteiger partial charge is 0.265 e. The fourth-order valence-electron chi connectivity index (χ4n) is 2.70. The standard InChI is InChI=1S/C23H20N2O3/c1-27-21-13-9-20(10-14-21)25(16-19-5-3-2-4-6-19)23(26)17-28-22-11-7-18(15-24)8-12-22/h2-14H,16-17H2,1H3. The fourth-order valence-corrected chi connectivity index (χ4v) is 2.70. The summed E-state index contributed by atoms with van der Waals surface area (Å²) in [4.78, 5) is 14.6. The van der Waals surface area contributed by atoms with Crippen LogP contribution in [0.4, 0.5) is 5.69 Å². The number of carbonyl (C=O) groups is 1. The van der Waals surface area contributed by atoms with Gasteiger partial charge in [-0.15, -0.1) is 0 Å². The zero-order valence-electron chi connectivity index (χ0n) is 15.5. The largest absolute Gasteiger partial charge is 0.497 e. The zero-order valence-corrected chi connectivity index (χ0v) is 15.5. The Labute approximate surface area is 164 Å². The molecule has 0 N–H and O–H groups in total. The van der Waals surface area contributed by atoms with Gasteiger partial charge in [-0.1, -0.05) is 30.3 Å². The first-order valence-corrected chi connectivity index (χ1v) is 8.81. The number of nitrogens with zero attached hydrogens (tertiary/aromatic N) is 2. The molecule has 0 heterocycles. The highest BCUT2D eigenvalue weighted by Gasteiger charge is 2.17. The molecule has 0 radical (unpaired) electrons. The van der Waals surface area contributed by atoms with Crippen LogP contribution in [-0.4, -0.2) is 19.6 Å². The van der Waals surface area contributed by atoms with Crippen molar-refractivity contribution in [1.82, 2.24) is 0 Å². The Hall–Kier alpha value is -3.78. The van der Waals surface area contributed by atoms with Crippen LogP contribution in [0.25, 0.3) is 0 Å². The van der Waals surface area contributed by atoms with Crippen molar-refractivity contribution < 1.29 is 14.3 Å². The van der Waals surface area contributed by atoms with E-state index in [1.807, 2.05) is 54.6 Å². The molecule has 5 nitrogen and oxygen atoms in total. The summed E-state index contributed by atoms with van der Waals surface area (Å²) in [7, 11) is 1.60. The van der Waals surface area contributed by atoms with Crippen LogP contribution in [0.2, 0.25) is 0 Å². The summed E-state index contributed by atoms with van der Waals surface area (Å²) < 4.78 is 10.8. The molecule has 0 fully saturated rings. The van der Waals surface area contributed by atoms with Crippen molar-refractivity contribution in [3.05, 3.63) is 90.0 Å². The molecule has 0 aromatic heterocycles. The molecule has 0 spiro atoms. The van der Waals surface area contributed by atoms with Gasteiger partial charge in [0.1, 0.15) is 11.5 Å². The van der Waals surface area contributed by atoms with E-state index in [4.69, 9.17) is 14.7 Å². The zero-order chi connectivity index (χ0) is 19.8. The van der Waals surface area contributed by atoms with Gasteiger partial charge in [0.15, 0.2) is 6.61 Å². The lowest BCUT2D eigenvalue weighted by molar-refractivity contribution is -0.120. The number of ether oxygens (including phenoxy) is 2. The Morgan fingerprint density at radius 2 is 1.57 bits per heavy atom. The summed E-state index contributed by atoms with van der Waals surface area (Å²) in [5, 5.41) is 8.86. The normalized spacial score (nSPS) is 10.0.